The number of carbonyl (C=O) groups excluding carboxylic acids is 2. The molecule has 1 heterocycles. The average molecular weight is 543 g/mol. The Labute approximate surface area is 221 Å². The van der Waals surface area contributed by atoms with Crippen molar-refractivity contribution in [2.45, 2.75) is 45.6 Å². The minimum absolute atomic E-state index is 0.221. The molecule has 0 spiro atoms. The van der Waals surface area contributed by atoms with Crippen LogP contribution in [0.3, 0.4) is 0 Å². The molecule has 1 N–H and O–H groups in total. The Morgan fingerprint density at radius 2 is 1.68 bits per heavy atom. The average Bonchev–Trinajstić information content (AvgIpc) is 3.23. The zero-order valence-electron chi connectivity index (χ0n) is 21.0. The lowest BCUT2D eigenvalue weighted by Gasteiger charge is -2.28. The van der Waals surface area contributed by atoms with E-state index in [0.717, 1.165) is 46.7 Å². The van der Waals surface area contributed by atoms with Crippen LogP contribution in [0.4, 0.5) is 10.7 Å². The molecule has 1 amide bonds. The number of rotatable bonds is 9. The SMILES string of the molecule is CCOC(=O)c1c(NC(=O)[C@@H](C)N(c2ccc(Oc3ccccc3)cc2)S(C)(=O)=O)sc2c1CCCC2. The van der Waals surface area contributed by atoms with Gasteiger partial charge in [-0.2, -0.15) is 0 Å². The van der Waals surface area contributed by atoms with E-state index in [1.54, 1.807) is 31.2 Å². The van der Waals surface area contributed by atoms with Gasteiger partial charge in [-0.15, -0.1) is 11.3 Å². The molecule has 1 aromatic heterocycles. The predicted molar refractivity (Wildman–Crippen MR) is 145 cm³/mol. The molecule has 10 heteroatoms. The van der Waals surface area contributed by atoms with Crippen LogP contribution in [-0.4, -0.2) is 39.2 Å². The molecule has 1 aliphatic carbocycles. The number of nitrogens with one attached hydrogen (secondary N) is 1. The van der Waals surface area contributed by atoms with Crippen molar-refractivity contribution >= 4 is 43.9 Å². The molecule has 0 fully saturated rings. The molecule has 0 saturated heterocycles. The summed E-state index contributed by atoms with van der Waals surface area (Å²) in [6, 6.07) is 14.6. The number of para-hydroxylation sites is 1. The number of aryl methyl sites for hydroxylation is 1. The summed E-state index contributed by atoms with van der Waals surface area (Å²) in [5.41, 5.74) is 1.63. The van der Waals surface area contributed by atoms with Gasteiger partial charge in [-0.3, -0.25) is 9.10 Å². The number of nitrogens with zero attached hydrogens (tertiary/aromatic N) is 1. The number of thiophene rings is 1. The summed E-state index contributed by atoms with van der Waals surface area (Å²) in [4.78, 5) is 27.1. The highest BCUT2D eigenvalue weighted by atomic mass is 32.2. The molecule has 37 heavy (non-hydrogen) atoms. The van der Waals surface area contributed by atoms with Crippen LogP contribution < -0.4 is 14.4 Å². The van der Waals surface area contributed by atoms with Crippen LogP contribution in [0.25, 0.3) is 0 Å². The van der Waals surface area contributed by atoms with Gasteiger partial charge in [0.2, 0.25) is 15.9 Å². The smallest absolute Gasteiger partial charge is 0.341 e. The van der Waals surface area contributed by atoms with Gasteiger partial charge in [-0.25, -0.2) is 13.2 Å². The number of ether oxygens (including phenoxy) is 2. The highest BCUT2D eigenvalue weighted by Gasteiger charge is 2.32. The molecule has 4 rings (SSSR count). The van der Waals surface area contributed by atoms with E-state index in [0.29, 0.717) is 27.8 Å². The normalized spacial score (nSPS) is 13.8. The van der Waals surface area contributed by atoms with Gasteiger partial charge in [0.1, 0.15) is 22.5 Å². The highest BCUT2D eigenvalue weighted by Crippen LogP contribution is 2.39. The Morgan fingerprint density at radius 3 is 2.32 bits per heavy atom. The molecule has 1 atom stereocenters. The van der Waals surface area contributed by atoms with Crippen molar-refractivity contribution in [1.29, 1.82) is 0 Å². The van der Waals surface area contributed by atoms with Crippen LogP contribution in [0.5, 0.6) is 11.5 Å². The topological polar surface area (TPSA) is 102 Å². The lowest BCUT2D eigenvalue weighted by atomic mass is 9.95. The van der Waals surface area contributed by atoms with E-state index in [4.69, 9.17) is 9.47 Å². The molecular formula is C27H30N2O6S2. The number of amides is 1. The van der Waals surface area contributed by atoms with Crippen LogP contribution in [0, 0.1) is 0 Å². The van der Waals surface area contributed by atoms with E-state index >= 15 is 0 Å². The van der Waals surface area contributed by atoms with Gasteiger partial charge in [0, 0.05) is 4.88 Å². The van der Waals surface area contributed by atoms with Gasteiger partial charge in [0.15, 0.2) is 0 Å². The Morgan fingerprint density at radius 1 is 1.03 bits per heavy atom. The van der Waals surface area contributed by atoms with E-state index < -0.39 is 27.9 Å². The minimum atomic E-state index is -3.82. The number of carbonyl (C=O) groups is 2. The van der Waals surface area contributed by atoms with E-state index in [9.17, 15) is 18.0 Å². The number of fused-ring (bicyclic) bond motifs is 1. The van der Waals surface area contributed by atoms with Crippen LogP contribution in [0.2, 0.25) is 0 Å². The number of sulfonamides is 1. The first-order valence-corrected chi connectivity index (χ1v) is 14.8. The minimum Gasteiger partial charge on any atom is -0.462 e. The van der Waals surface area contributed by atoms with Crippen molar-refractivity contribution in [2.24, 2.45) is 0 Å². The first kappa shape index (κ1) is 26.7. The zero-order valence-corrected chi connectivity index (χ0v) is 22.7. The van der Waals surface area contributed by atoms with Crippen LogP contribution in [-0.2, 0) is 32.4 Å². The maximum absolute atomic E-state index is 13.3. The number of benzene rings is 2. The molecule has 2 aromatic carbocycles. The molecule has 0 bridgehead atoms. The molecular weight excluding hydrogens is 512 g/mol. The summed E-state index contributed by atoms with van der Waals surface area (Å²) in [5.74, 6) is 0.167. The number of hydrogen-bond donors (Lipinski definition) is 1. The first-order valence-electron chi connectivity index (χ1n) is 12.1. The Hall–Kier alpha value is -3.37. The second kappa shape index (κ2) is 11.4. The van der Waals surface area contributed by atoms with Crippen molar-refractivity contribution in [2.75, 3.05) is 22.5 Å². The summed E-state index contributed by atoms with van der Waals surface area (Å²) in [7, 11) is -3.82. The van der Waals surface area contributed by atoms with Gasteiger partial charge >= 0.3 is 5.97 Å². The third kappa shape index (κ3) is 6.14. The van der Waals surface area contributed by atoms with Gasteiger partial charge < -0.3 is 14.8 Å². The van der Waals surface area contributed by atoms with Crippen molar-refractivity contribution in [3.05, 3.63) is 70.6 Å². The third-order valence-electron chi connectivity index (χ3n) is 6.05. The van der Waals surface area contributed by atoms with Crippen molar-refractivity contribution in [3.8, 4) is 11.5 Å². The molecule has 0 aliphatic heterocycles. The van der Waals surface area contributed by atoms with Gasteiger partial charge in [0.05, 0.1) is 24.1 Å². The lowest BCUT2D eigenvalue weighted by molar-refractivity contribution is -0.116. The molecule has 3 aromatic rings. The maximum atomic E-state index is 13.3. The monoisotopic (exact) mass is 542 g/mol. The lowest BCUT2D eigenvalue weighted by Crippen LogP contribution is -2.45. The van der Waals surface area contributed by atoms with Gasteiger partial charge in [0.25, 0.3) is 0 Å². The van der Waals surface area contributed by atoms with Crippen LogP contribution in [0.15, 0.2) is 54.6 Å². The van der Waals surface area contributed by atoms with Crippen molar-refractivity contribution < 1.29 is 27.5 Å². The van der Waals surface area contributed by atoms with Gasteiger partial charge in [-0.1, -0.05) is 18.2 Å². The second-order valence-electron chi connectivity index (χ2n) is 8.77. The number of esters is 1. The van der Waals surface area contributed by atoms with Gasteiger partial charge in [-0.05, 0) is 81.5 Å². The van der Waals surface area contributed by atoms with Crippen LogP contribution in [0.1, 0.15) is 47.5 Å². The van der Waals surface area contributed by atoms with Crippen molar-refractivity contribution in [3.63, 3.8) is 0 Å². The summed E-state index contributed by atoms with van der Waals surface area (Å²) in [6.07, 6.45) is 4.62. The molecule has 0 saturated carbocycles. The highest BCUT2D eigenvalue weighted by molar-refractivity contribution is 7.92. The molecule has 0 unspecified atom stereocenters. The molecule has 196 valence electrons. The summed E-state index contributed by atoms with van der Waals surface area (Å²) in [5, 5.41) is 3.23. The predicted octanol–water partition coefficient (Wildman–Crippen LogP) is 5.39. The molecule has 8 nitrogen and oxygen atoms in total. The molecule has 1 aliphatic rings. The fourth-order valence-electron chi connectivity index (χ4n) is 4.38. The molecule has 0 radical (unpaired) electrons. The second-order valence-corrected chi connectivity index (χ2v) is 11.7. The summed E-state index contributed by atoms with van der Waals surface area (Å²) < 4.78 is 37.6. The van der Waals surface area contributed by atoms with Crippen LogP contribution >= 0.6 is 11.3 Å². The fourth-order valence-corrected chi connectivity index (χ4v) is 6.84. The number of hydrogen-bond acceptors (Lipinski definition) is 7. The third-order valence-corrected chi connectivity index (χ3v) is 8.50. The Bertz CT molecular complexity index is 1370. The van der Waals surface area contributed by atoms with E-state index in [1.165, 1.54) is 18.3 Å². The van der Waals surface area contributed by atoms with E-state index in [1.807, 2.05) is 30.3 Å². The Balaban J connectivity index is 1.58. The van der Waals surface area contributed by atoms with E-state index in [2.05, 4.69) is 5.32 Å². The summed E-state index contributed by atoms with van der Waals surface area (Å²) >= 11 is 1.36. The standard InChI is InChI=1S/C27H30N2O6S2/c1-4-34-27(31)24-22-12-8-9-13-23(22)36-26(24)28-25(30)18(2)29(37(3,32)33)19-14-16-21(17-15-19)35-20-10-6-5-7-11-20/h5-7,10-11,14-18H,4,8-9,12-13H2,1-3H3,(H,28,30)/t18-/m1/s1. The quantitative estimate of drug-likeness (QED) is 0.364. The maximum Gasteiger partial charge on any atom is 0.341 e. The first-order chi connectivity index (χ1) is 17.7. The zero-order chi connectivity index (χ0) is 26.6. The van der Waals surface area contributed by atoms with E-state index in [-0.39, 0.29) is 6.61 Å². The van der Waals surface area contributed by atoms with Crippen molar-refractivity contribution in [1.82, 2.24) is 0 Å². The number of anilines is 2. The summed E-state index contributed by atoms with van der Waals surface area (Å²) in [6.45, 7) is 3.47. The largest absolute Gasteiger partial charge is 0.462 e. The fraction of sp³-hybridized carbons (Fsp3) is 0.333. The Kier molecular flexibility index (Phi) is 8.19.